The van der Waals surface area contributed by atoms with Crippen LogP contribution in [0.15, 0.2) is 101 Å². The second kappa shape index (κ2) is 16.7. The topological polar surface area (TPSA) is 13.1 Å². The van der Waals surface area contributed by atoms with E-state index in [0.717, 1.165) is 49.4 Å². The fourth-order valence-electron chi connectivity index (χ4n) is 13.0. The molecule has 1 nitrogen and oxygen atoms in total. The number of fused-ring (bicyclic) bond motifs is 5. The molecule has 0 saturated carbocycles. The number of hydrogen-bond donors (Lipinski definition) is 0. The van der Waals surface area contributed by atoms with E-state index in [4.69, 9.17) is 138 Å². The number of rotatable bonds is 4. The highest BCUT2D eigenvalue weighted by molar-refractivity contribution is 6.75. The standard InChI is InChI=1S/C59H17B17O/c60-42-29(35-31-33-39(49(67)45(35)63)54(72)58(76)56(74)41(33)51(69)46(64)36(31)42)25-16-20(28-34-30-32-38(48(66)44(34)62)53(71)57(75)55(73)40(32)52(70)50(68)37(30)47(65)43(28)61)15-23(17-6-2-1-3-7-17)27(25)19-11-13-26-24(14-19)22-12-10-18-8-4-5-9-21(18)59(22)77-26/h1-16,29H. The average Bonchev–Trinajstić information content (AvgIpc) is 4.11. The summed E-state index contributed by atoms with van der Waals surface area (Å²) in [4.78, 5) is 0. The van der Waals surface area contributed by atoms with Crippen LogP contribution < -0.4 is 92.6 Å². The van der Waals surface area contributed by atoms with Gasteiger partial charge >= 0.3 is 0 Å². The molecule has 77 heavy (non-hydrogen) atoms. The molecule has 1 aliphatic carbocycles. The Bertz CT molecular complexity index is 4960. The Morgan fingerprint density at radius 2 is 0.818 bits per heavy atom. The van der Waals surface area contributed by atoms with Crippen molar-refractivity contribution in [1.82, 2.24) is 0 Å². The lowest BCUT2D eigenvalue weighted by Gasteiger charge is -2.31. The molecule has 12 aromatic carbocycles. The molecule has 0 amide bonds. The molecule has 13 aromatic rings. The minimum Gasteiger partial charge on any atom is -0.455 e. The van der Waals surface area contributed by atoms with Gasteiger partial charge < -0.3 is 4.42 Å². The molecule has 0 N–H and O–H groups in total. The van der Waals surface area contributed by atoms with Crippen LogP contribution in [0, 0.1) is 0 Å². The summed E-state index contributed by atoms with van der Waals surface area (Å²) in [7, 11) is 119. The van der Waals surface area contributed by atoms with Gasteiger partial charge in [0.1, 0.15) is 145 Å². The third-order valence-corrected chi connectivity index (χ3v) is 16.6. The van der Waals surface area contributed by atoms with Gasteiger partial charge in [0.2, 0.25) is 0 Å². The smallest absolute Gasteiger partial charge is 0.143 e. The zero-order valence-electron chi connectivity index (χ0n) is 41.0. The second-order valence-corrected chi connectivity index (χ2v) is 20.3. The first-order valence-corrected chi connectivity index (χ1v) is 24.5. The maximum atomic E-state index is 7.67. The summed E-state index contributed by atoms with van der Waals surface area (Å²) in [6.45, 7) is 0. The van der Waals surface area contributed by atoms with Gasteiger partial charge in [-0.15, -0.1) is 10.9 Å². The van der Waals surface area contributed by atoms with Crippen LogP contribution in [-0.2, 0) is 0 Å². The van der Waals surface area contributed by atoms with Crippen LogP contribution >= 0.6 is 0 Å². The largest absolute Gasteiger partial charge is 0.455 e. The molecule has 18 heteroatoms. The maximum Gasteiger partial charge on any atom is 0.143 e. The molecule has 310 valence electrons. The third kappa shape index (κ3) is 6.14. The summed E-state index contributed by atoms with van der Waals surface area (Å²) in [5.41, 5.74) is 9.03. The van der Waals surface area contributed by atoms with E-state index < -0.39 is 5.92 Å². The summed E-state index contributed by atoms with van der Waals surface area (Å²) < 4.78 is 6.66. The van der Waals surface area contributed by atoms with Crippen molar-refractivity contribution in [3.8, 4) is 33.4 Å². The van der Waals surface area contributed by atoms with Crippen LogP contribution in [-0.4, -0.2) is 133 Å². The highest BCUT2D eigenvalue weighted by atomic mass is 16.3. The van der Waals surface area contributed by atoms with Crippen LogP contribution in [0.4, 0.5) is 0 Å². The highest BCUT2D eigenvalue weighted by Gasteiger charge is 2.35. The fraction of sp³-hybridized carbons (Fsp3) is 0.0169. The highest BCUT2D eigenvalue weighted by Crippen LogP contribution is 2.49. The van der Waals surface area contributed by atoms with Crippen molar-refractivity contribution in [3.63, 3.8) is 0 Å². The normalized spacial score (nSPS) is 13.7. The van der Waals surface area contributed by atoms with Crippen LogP contribution in [0.5, 0.6) is 0 Å². The first-order chi connectivity index (χ1) is 36.8. The van der Waals surface area contributed by atoms with Gasteiger partial charge in [0, 0.05) is 22.1 Å². The van der Waals surface area contributed by atoms with E-state index in [1.807, 2.05) is 66.7 Å². The molecule has 0 bridgehead atoms. The van der Waals surface area contributed by atoms with Gasteiger partial charge in [0.15, 0.2) is 0 Å². The molecule has 1 aliphatic rings. The minimum absolute atomic E-state index is 0.0696. The molecule has 0 saturated heterocycles. The monoisotopic (exact) mass is 928 g/mol. The Labute approximate surface area is 466 Å². The molecular weight excluding hydrogens is 908 g/mol. The van der Waals surface area contributed by atoms with E-state index in [0.29, 0.717) is 92.4 Å². The summed E-state index contributed by atoms with van der Waals surface area (Å²) in [5, 5.41) is 8.46. The van der Waals surface area contributed by atoms with Gasteiger partial charge in [-0.2, -0.15) is 0 Å². The molecular formula is C59H17B17O. The quantitative estimate of drug-likeness (QED) is 0.129. The minimum atomic E-state index is -0.902. The van der Waals surface area contributed by atoms with E-state index in [-0.39, 0.29) is 87.4 Å². The average molecular weight is 926 g/mol. The Balaban J connectivity index is 1.20. The number of furan rings is 1. The summed E-state index contributed by atoms with van der Waals surface area (Å²) in [6, 6.07) is 32.3. The first kappa shape index (κ1) is 48.7. The molecule has 34 radical (unpaired) electrons. The van der Waals surface area contributed by atoms with E-state index in [2.05, 4.69) is 30.3 Å². The van der Waals surface area contributed by atoms with E-state index >= 15 is 0 Å². The SMILES string of the molecule is [B]C1=c2c([B])c([B])c3c([B])c([B])c([B])c4c([B])c([B])c(c2c43)C1c1cc(-c2c([B])c([B])c3c([B])c([B])c4c([B])c([B])c([B])c5c([B])c([B])c2c3c45)cc(-c2ccccc2)c1-c1ccc2oc3c4ccccc4ccc3c2c1. The molecule has 0 spiro atoms. The molecule has 1 heterocycles. The predicted molar refractivity (Wildman–Crippen MR) is 345 cm³/mol. The molecule has 1 atom stereocenters. The third-order valence-electron chi connectivity index (χ3n) is 16.6. The van der Waals surface area contributed by atoms with Gasteiger partial charge in [-0.1, -0.05) is 149 Å². The first-order valence-electron chi connectivity index (χ1n) is 24.5. The van der Waals surface area contributed by atoms with Gasteiger partial charge in [-0.3, -0.25) is 0 Å². The van der Waals surface area contributed by atoms with Gasteiger partial charge in [-0.25, -0.2) is 0 Å². The molecule has 1 aromatic heterocycles. The van der Waals surface area contributed by atoms with Crippen LogP contribution in [0.3, 0.4) is 0 Å². The van der Waals surface area contributed by atoms with Crippen LogP contribution in [0.25, 0.3) is 125 Å². The fourth-order valence-corrected chi connectivity index (χ4v) is 13.0. The van der Waals surface area contributed by atoms with Gasteiger partial charge in [0.25, 0.3) is 0 Å². The Hall–Kier alpha value is -6.64. The van der Waals surface area contributed by atoms with Crippen molar-refractivity contribution in [1.29, 1.82) is 0 Å². The maximum absolute atomic E-state index is 7.67. The van der Waals surface area contributed by atoms with Crippen molar-refractivity contribution >= 4 is 313 Å². The Morgan fingerprint density at radius 1 is 0.312 bits per heavy atom. The van der Waals surface area contributed by atoms with Gasteiger partial charge in [-0.05, 0) is 139 Å². The van der Waals surface area contributed by atoms with Gasteiger partial charge in [0.05, 0.1) is 0 Å². The number of benzene rings is 12. The van der Waals surface area contributed by atoms with Crippen molar-refractivity contribution in [3.05, 3.63) is 113 Å². The molecule has 0 aliphatic heterocycles. The zero-order chi connectivity index (χ0) is 53.8. The molecule has 14 rings (SSSR count). The number of hydrogen-bond acceptors (Lipinski definition) is 1. The van der Waals surface area contributed by atoms with E-state index in [1.54, 1.807) is 0 Å². The summed E-state index contributed by atoms with van der Waals surface area (Å²) in [6.07, 6.45) is 0. The van der Waals surface area contributed by atoms with Crippen molar-refractivity contribution < 1.29 is 4.42 Å². The van der Waals surface area contributed by atoms with Crippen molar-refractivity contribution in [2.75, 3.05) is 0 Å². The predicted octanol–water partition coefficient (Wildman–Crippen LogP) is -4.21. The lowest BCUT2D eigenvalue weighted by Crippen LogP contribution is -2.49. The van der Waals surface area contributed by atoms with Crippen molar-refractivity contribution in [2.45, 2.75) is 5.92 Å². The van der Waals surface area contributed by atoms with E-state index in [1.165, 1.54) is 0 Å². The van der Waals surface area contributed by atoms with Crippen LogP contribution in [0.2, 0.25) is 0 Å². The summed E-state index contributed by atoms with van der Waals surface area (Å²) in [5.74, 6) is -0.902. The molecule has 1 unspecified atom stereocenters. The Morgan fingerprint density at radius 3 is 1.44 bits per heavy atom. The second-order valence-electron chi connectivity index (χ2n) is 20.3. The van der Waals surface area contributed by atoms with Crippen molar-refractivity contribution in [2.24, 2.45) is 0 Å². The summed E-state index contributed by atoms with van der Waals surface area (Å²) >= 11 is 0. The lowest BCUT2D eigenvalue weighted by molar-refractivity contribution is 0.672. The van der Waals surface area contributed by atoms with Crippen LogP contribution in [0.1, 0.15) is 17.0 Å². The van der Waals surface area contributed by atoms with E-state index in [9.17, 15) is 0 Å². The zero-order valence-corrected chi connectivity index (χ0v) is 41.0. The Kier molecular flexibility index (Phi) is 10.6. The lowest BCUT2D eigenvalue weighted by atomic mass is 9.58. The molecule has 0 fully saturated rings.